The fourth-order valence-corrected chi connectivity index (χ4v) is 6.16. The molecular weight excluding hydrogens is 398 g/mol. The lowest BCUT2D eigenvalue weighted by Crippen LogP contribution is -2.44. The second-order valence-corrected chi connectivity index (χ2v) is 9.79. The van der Waals surface area contributed by atoms with Crippen LogP contribution in [-0.2, 0) is 14.8 Å². The summed E-state index contributed by atoms with van der Waals surface area (Å²) < 4.78 is 27.4. The van der Waals surface area contributed by atoms with E-state index >= 15 is 0 Å². The summed E-state index contributed by atoms with van der Waals surface area (Å²) in [7, 11) is -3.74. The third-order valence-electron chi connectivity index (χ3n) is 6.15. The summed E-state index contributed by atoms with van der Waals surface area (Å²) in [5, 5.41) is 9.25. The van der Waals surface area contributed by atoms with Gasteiger partial charge in [-0.25, -0.2) is 8.42 Å². The molecule has 0 aromatic heterocycles. The van der Waals surface area contributed by atoms with E-state index in [-0.39, 0.29) is 28.3 Å². The highest BCUT2D eigenvalue weighted by Gasteiger charge is 2.38. The number of rotatable bonds is 4. The van der Waals surface area contributed by atoms with E-state index in [2.05, 4.69) is 12.1 Å². The molecule has 2 saturated heterocycles. The quantitative estimate of drug-likeness (QED) is 0.755. The van der Waals surface area contributed by atoms with Crippen molar-refractivity contribution in [2.24, 2.45) is 5.92 Å². The zero-order valence-electron chi connectivity index (χ0n) is 16.8. The molecule has 4 rings (SSSR count). The number of amides is 1. The van der Waals surface area contributed by atoms with Crippen molar-refractivity contribution < 1.29 is 13.2 Å². The van der Waals surface area contributed by atoms with Crippen molar-refractivity contribution in [3.63, 3.8) is 0 Å². The molecule has 0 N–H and O–H groups in total. The minimum Gasteiger partial charge on any atom is -0.335 e. The number of nitrogens with zero attached hydrogens (tertiary/aromatic N) is 3. The zero-order chi connectivity index (χ0) is 21.1. The predicted octanol–water partition coefficient (Wildman–Crippen LogP) is 3.32. The van der Waals surface area contributed by atoms with Crippen molar-refractivity contribution in [1.82, 2.24) is 9.21 Å². The number of piperidine rings is 1. The molecule has 0 unspecified atom stereocenters. The molecule has 2 aliphatic rings. The normalized spacial score (nSPS) is 20.8. The third-order valence-corrected chi connectivity index (χ3v) is 8.11. The van der Waals surface area contributed by atoms with E-state index in [1.807, 2.05) is 29.2 Å². The molecule has 7 heteroatoms. The summed E-state index contributed by atoms with van der Waals surface area (Å²) in [6.45, 7) is 1.34. The van der Waals surface area contributed by atoms with E-state index in [4.69, 9.17) is 0 Å². The molecule has 156 valence electrons. The van der Waals surface area contributed by atoms with E-state index in [9.17, 15) is 18.5 Å². The van der Waals surface area contributed by atoms with Crippen LogP contribution in [0, 0.1) is 17.2 Å². The molecule has 2 fully saturated rings. The fraction of sp³-hybridized carbons (Fsp3) is 0.391. The summed E-state index contributed by atoms with van der Waals surface area (Å²) in [6.07, 6.45) is 2.97. The van der Waals surface area contributed by atoms with Gasteiger partial charge >= 0.3 is 0 Å². The predicted molar refractivity (Wildman–Crippen MR) is 113 cm³/mol. The van der Waals surface area contributed by atoms with Gasteiger partial charge in [0.05, 0.1) is 16.5 Å². The minimum atomic E-state index is -3.74. The van der Waals surface area contributed by atoms with Gasteiger partial charge in [-0.1, -0.05) is 42.5 Å². The van der Waals surface area contributed by atoms with Gasteiger partial charge in [0, 0.05) is 25.6 Å². The Labute approximate surface area is 177 Å². The van der Waals surface area contributed by atoms with E-state index in [0.717, 1.165) is 24.9 Å². The topological polar surface area (TPSA) is 81.5 Å². The highest BCUT2D eigenvalue weighted by atomic mass is 32.2. The van der Waals surface area contributed by atoms with Crippen LogP contribution in [-0.4, -0.2) is 43.2 Å². The largest absolute Gasteiger partial charge is 0.335 e. The number of hydrogen-bond donors (Lipinski definition) is 0. The maximum absolute atomic E-state index is 13.2. The van der Waals surface area contributed by atoms with Gasteiger partial charge in [-0.3, -0.25) is 4.79 Å². The Bertz CT molecular complexity index is 1050. The Morgan fingerprint density at radius 2 is 1.60 bits per heavy atom. The molecule has 0 bridgehead atoms. The molecule has 0 radical (unpaired) electrons. The lowest BCUT2D eigenvalue weighted by molar-refractivity contribution is -0.137. The first-order valence-electron chi connectivity index (χ1n) is 10.4. The molecular formula is C23H25N3O3S. The van der Waals surface area contributed by atoms with Crippen LogP contribution in [0.4, 0.5) is 0 Å². The summed E-state index contributed by atoms with van der Waals surface area (Å²) >= 11 is 0. The van der Waals surface area contributed by atoms with Crippen LogP contribution in [0.25, 0.3) is 0 Å². The Morgan fingerprint density at radius 1 is 0.933 bits per heavy atom. The number of likely N-dealkylation sites (tertiary alicyclic amines) is 1. The summed E-state index contributed by atoms with van der Waals surface area (Å²) in [4.78, 5) is 15.2. The molecule has 6 nitrogen and oxygen atoms in total. The molecule has 0 spiro atoms. The van der Waals surface area contributed by atoms with Crippen molar-refractivity contribution in [2.45, 2.75) is 36.6 Å². The number of carbonyl (C=O) groups excluding carboxylic acids is 1. The molecule has 30 heavy (non-hydrogen) atoms. The van der Waals surface area contributed by atoms with Crippen LogP contribution in [0.15, 0.2) is 59.5 Å². The second-order valence-electron chi connectivity index (χ2n) is 7.89. The second kappa shape index (κ2) is 8.58. The van der Waals surface area contributed by atoms with E-state index < -0.39 is 10.0 Å². The average Bonchev–Trinajstić information content (AvgIpc) is 3.29. The summed E-state index contributed by atoms with van der Waals surface area (Å²) in [6, 6.07) is 18.4. The molecule has 2 aliphatic heterocycles. The Morgan fingerprint density at radius 3 is 2.30 bits per heavy atom. The van der Waals surface area contributed by atoms with Crippen LogP contribution < -0.4 is 0 Å². The maximum Gasteiger partial charge on any atom is 0.244 e. The smallest absolute Gasteiger partial charge is 0.244 e. The van der Waals surface area contributed by atoms with Gasteiger partial charge in [0.2, 0.25) is 15.9 Å². The molecule has 2 heterocycles. The third kappa shape index (κ3) is 3.85. The van der Waals surface area contributed by atoms with E-state index in [1.54, 1.807) is 12.1 Å². The number of sulfonamides is 1. The van der Waals surface area contributed by atoms with Crippen LogP contribution in [0.1, 0.15) is 42.9 Å². The fourth-order valence-electron chi connectivity index (χ4n) is 4.55. The van der Waals surface area contributed by atoms with Crippen molar-refractivity contribution in [3.05, 3.63) is 65.7 Å². The Kier molecular flexibility index (Phi) is 5.89. The van der Waals surface area contributed by atoms with E-state index in [0.29, 0.717) is 25.9 Å². The zero-order valence-corrected chi connectivity index (χ0v) is 17.6. The molecule has 0 saturated carbocycles. The minimum absolute atomic E-state index is 0.0426. The standard InChI is InChI=1S/C23H25N3O3S/c24-17-20-9-4-5-11-22(20)30(28,29)25-15-12-19(13-16-25)23(27)26-14-6-10-21(26)18-7-2-1-3-8-18/h1-5,7-9,11,19,21H,6,10,12-16H2/t21-/m0/s1. The van der Waals surface area contributed by atoms with Crippen LogP contribution in [0.3, 0.4) is 0 Å². The van der Waals surface area contributed by atoms with Gasteiger partial charge in [-0.05, 0) is 43.4 Å². The molecule has 2 aromatic rings. The Hall–Kier alpha value is -2.69. The summed E-state index contributed by atoms with van der Waals surface area (Å²) in [5.74, 6) is -0.0252. The number of nitriles is 1. The lowest BCUT2D eigenvalue weighted by Gasteiger charge is -2.34. The SMILES string of the molecule is N#Cc1ccccc1S(=O)(=O)N1CCC(C(=O)N2CCC[C@H]2c2ccccc2)CC1. The summed E-state index contributed by atoms with van der Waals surface area (Å²) in [5.41, 5.74) is 1.31. The van der Waals surface area contributed by atoms with Crippen LogP contribution in [0.5, 0.6) is 0 Å². The first-order chi connectivity index (χ1) is 14.5. The molecule has 1 amide bonds. The lowest BCUT2D eigenvalue weighted by atomic mass is 9.95. The van der Waals surface area contributed by atoms with Crippen molar-refractivity contribution in [3.8, 4) is 6.07 Å². The maximum atomic E-state index is 13.2. The first kappa shape index (κ1) is 20.6. The highest BCUT2D eigenvalue weighted by Crippen LogP contribution is 2.35. The Balaban J connectivity index is 1.44. The van der Waals surface area contributed by atoms with Gasteiger partial charge < -0.3 is 4.90 Å². The number of carbonyl (C=O) groups is 1. The van der Waals surface area contributed by atoms with Crippen molar-refractivity contribution >= 4 is 15.9 Å². The number of hydrogen-bond acceptors (Lipinski definition) is 4. The van der Waals surface area contributed by atoms with Crippen LogP contribution in [0.2, 0.25) is 0 Å². The van der Waals surface area contributed by atoms with Crippen molar-refractivity contribution in [2.75, 3.05) is 19.6 Å². The van der Waals surface area contributed by atoms with Crippen LogP contribution >= 0.6 is 0 Å². The van der Waals surface area contributed by atoms with Gasteiger partial charge in [-0.15, -0.1) is 0 Å². The monoisotopic (exact) mass is 423 g/mol. The van der Waals surface area contributed by atoms with Gasteiger partial charge in [-0.2, -0.15) is 9.57 Å². The highest BCUT2D eigenvalue weighted by molar-refractivity contribution is 7.89. The number of benzene rings is 2. The van der Waals surface area contributed by atoms with Gasteiger partial charge in [0.1, 0.15) is 6.07 Å². The first-order valence-corrected chi connectivity index (χ1v) is 11.8. The van der Waals surface area contributed by atoms with Gasteiger partial charge in [0.15, 0.2) is 0 Å². The molecule has 1 atom stereocenters. The van der Waals surface area contributed by atoms with E-state index in [1.165, 1.54) is 16.4 Å². The van der Waals surface area contributed by atoms with Gasteiger partial charge in [0.25, 0.3) is 0 Å². The molecule has 2 aromatic carbocycles. The molecule has 0 aliphatic carbocycles. The van der Waals surface area contributed by atoms with Crippen molar-refractivity contribution in [1.29, 1.82) is 5.26 Å². The average molecular weight is 424 g/mol.